The summed E-state index contributed by atoms with van der Waals surface area (Å²) in [5, 5.41) is 5.90. The van der Waals surface area contributed by atoms with E-state index in [1.165, 1.54) is 0 Å². The fraction of sp³-hybridized carbons (Fsp3) is 0.429. The molecule has 0 radical (unpaired) electrons. The summed E-state index contributed by atoms with van der Waals surface area (Å²) in [6.45, 7) is 3.84. The quantitative estimate of drug-likeness (QED) is 0.776. The lowest BCUT2D eigenvalue weighted by Crippen LogP contribution is -2.43. The van der Waals surface area contributed by atoms with E-state index in [0.29, 0.717) is 36.8 Å². The summed E-state index contributed by atoms with van der Waals surface area (Å²) in [6, 6.07) is 8.86. The van der Waals surface area contributed by atoms with Gasteiger partial charge in [0, 0.05) is 17.7 Å². The van der Waals surface area contributed by atoms with E-state index in [0.717, 1.165) is 18.6 Å². The molecule has 1 aromatic carbocycles. The van der Waals surface area contributed by atoms with Gasteiger partial charge in [0.15, 0.2) is 11.5 Å². The molecule has 0 aliphatic carbocycles. The Morgan fingerprint density at radius 2 is 1.97 bits per heavy atom. The number of likely N-dealkylation sites (tertiary alicyclic amines) is 1. The van der Waals surface area contributed by atoms with E-state index in [1.807, 2.05) is 19.1 Å². The van der Waals surface area contributed by atoms with Crippen LogP contribution in [0.2, 0.25) is 0 Å². The number of carbonyl (C=O) groups excluding carboxylic acids is 2. The molecule has 2 aliphatic rings. The number of rotatable bonds is 6. The standard InChI is InChI=1S/C21H25N3O5/c1-14(17-3-2-10-27-17)22-20(25)12-24-8-6-15(7-9-24)21(26)23-16-4-5-18-19(11-16)29-13-28-18/h2-5,10-11,14-15H,6-9,12-13H2,1H3,(H,22,25)(H,23,26). The van der Waals surface area contributed by atoms with Crippen LogP contribution in [0.1, 0.15) is 31.6 Å². The third-order valence-electron chi connectivity index (χ3n) is 5.31. The summed E-state index contributed by atoms with van der Waals surface area (Å²) in [5.41, 5.74) is 0.702. The lowest BCUT2D eigenvalue weighted by atomic mass is 9.95. The summed E-state index contributed by atoms with van der Waals surface area (Å²) in [6.07, 6.45) is 3.03. The van der Waals surface area contributed by atoms with Crippen LogP contribution in [0, 0.1) is 5.92 Å². The first-order valence-corrected chi connectivity index (χ1v) is 9.84. The lowest BCUT2D eigenvalue weighted by molar-refractivity contribution is -0.124. The molecule has 1 saturated heterocycles. The Kier molecular flexibility index (Phi) is 5.71. The van der Waals surface area contributed by atoms with Crippen molar-refractivity contribution in [2.45, 2.75) is 25.8 Å². The number of nitrogens with one attached hydrogen (secondary N) is 2. The fourth-order valence-electron chi connectivity index (χ4n) is 3.67. The summed E-state index contributed by atoms with van der Waals surface area (Å²) >= 11 is 0. The average molecular weight is 399 g/mol. The first-order valence-electron chi connectivity index (χ1n) is 9.84. The van der Waals surface area contributed by atoms with Gasteiger partial charge in [-0.3, -0.25) is 14.5 Å². The number of fused-ring (bicyclic) bond motifs is 1. The number of nitrogens with zero attached hydrogens (tertiary/aromatic N) is 1. The van der Waals surface area contributed by atoms with Gasteiger partial charge in [0.1, 0.15) is 5.76 Å². The van der Waals surface area contributed by atoms with E-state index in [2.05, 4.69) is 15.5 Å². The first-order chi connectivity index (χ1) is 14.1. The minimum absolute atomic E-state index is 0.000548. The van der Waals surface area contributed by atoms with Crippen LogP contribution in [0.25, 0.3) is 0 Å². The van der Waals surface area contributed by atoms with Gasteiger partial charge in [-0.25, -0.2) is 0 Å². The highest BCUT2D eigenvalue weighted by Crippen LogP contribution is 2.34. The van der Waals surface area contributed by atoms with Gasteiger partial charge in [-0.15, -0.1) is 0 Å². The second-order valence-corrected chi connectivity index (χ2v) is 7.41. The predicted molar refractivity (Wildman–Crippen MR) is 106 cm³/mol. The third-order valence-corrected chi connectivity index (χ3v) is 5.31. The molecule has 0 saturated carbocycles. The van der Waals surface area contributed by atoms with Gasteiger partial charge < -0.3 is 24.5 Å². The molecule has 0 bridgehead atoms. The molecule has 2 aromatic rings. The molecule has 1 aromatic heterocycles. The number of furan rings is 1. The first kappa shape index (κ1) is 19.3. The van der Waals surface area contributed by atoms with Crippen LogP contribution >= 0.6 is 0 Å². The Balaban J connectivity index is 1.21. The molecular formula is C21H25N3O5. The van der Waals surface area contributed by atoms with Crippen molar-refractivity contribution in [1.29, 1.82) is 0 Å². The normalized spacial score (nSPS) is 17.7. The van der Waals surface area contributed by atoms with Crippen LogP contribution in [0.5, 0.6) is 11.5 Å². The SMILES string of the molecule is CC(NC(=O)CN1CCC(C(=O)Nc2ccc3c(c2)OCO3)CC1)c1ccco1. The molecule has 154 valence electrons. The fourth-order valence-corrected chi connectivity index (χ4v) is 3.67. The van der Waals surface area contributed by atoms with Crippen LogP contribution in [0.15, 0.2) is 41.0 Å². The Hall–Kier alpha value is -3.00. The predicted octanol–water partition coefficient (Wildman–Crippen LogP) is 2.54. The van der Waals surface area contributed by atoms with E-state index in [4.69, 9.17) is 13.9 Å². The molecule has 1 unspecified atom stereocenters. The van der Waals surface area contributed by atoms with Crippen molar-refractivity contribution < 1.29 is 23.5 Å². The Labute approximate surface area is 169 Å². The zero-order valence-corrected chi connectivity index (χ0v) is 16.3. The molecule has 0 spiro atoms. The van der Waals surface area contributed by atoms with Crippen LogP contribution in [-0.2, 0) is 9.59 Å². The highest BCUT2D eigenvalue weighted by Gasteiger charge is 2.27. The van der Waals surface area contributed by atoms with Crippen molar-refractivity contribution in [3.05, 3.63) is 42.4 Å². The monoisotopic (exact) mass is 399 g/mol. The molecule has 3 heterocycles. The summed E-state index contributed by atoms with van der Waals surface area (Å²) in [7, 11) is 0. The van der Waals surface area contributed by atoms with E-state index < -0.39 is 0 Å². The Morgan fingerprint density at radius 3 is 2.72 bits per heavy atom. The number of amides is 2. The van der Waals surface area contributed by atoms with Crippen molar-refractivity contribution in [1.82, 2.24) is 10.2 Å². The largest absolute Gasteiger partial charge is 0.467 e. The number of carbonyl (C=O) groups is 2. The number of piperidine rings is 1. The highest BCUT2D eigenvalue weighted by atomic mass is 16.7. The molecule has 1 atom stereocenters. The third kappa shape index (κ3) is 4.71. The second kappa shape index (κ2) is 8.57. The van der Waals surface area contributed by atoms with E-state index >= 15 is 0 Å². The molecule has 1 fully saturated rings. The number of hydrogen-bond acceptors (Lipinski definition) is 6. The summed E-state index contributed by atoms with van der Waals surface area (Å²) in [4.78, 5) is 26.9. The minimum atomic E-state index is -0.164. The van der Waals surface area contributed by atoms with Gasteiger partial charge in [-0.2, -0.15) is 0 Å². The number of hydrogen-bond donors (Lipinski definition) is 2. The van der Waals surface area contributed by atoms with Crippen molar-refractivity contribution in [2.24, 2.45) is 5.92 Å². The Bertz CT molecular complexity index is 859. The Morgan fingerprint density at radius 1 is 1.17 bits per heavy atom. The van der Waals surface area contributed by atoms with Gasteiger partial charge in [0.05, 0.1) is 18.8 Å². The molecule has 4 rings (SSSR count). The molecular weight excluding hydrogens is 374 g/mol. The summed E-state index contributed by atoms with van der Waals surface area (Å²) < 4.78 is 15.9. The van der Waals surface area contributed by atoms with E-state index in [9.17, 15) is 9.59 Å². The zero-order chi connectivity index (χ0) is 20.2. The van der Waals surface area contributed by atoms with Crippen molar-refractivity contribution >= 4 is 17.5 Å². The van der Waals surface area contributed by atoms with Crippen molar-refractivity contribution in [2.75, 3.05) is 31.7 Å². The van der Waals surface area contributed by atoms with Gasteiger partial charge >= 0.3 is 0 Å². The maximum absolute atomic E-state index is 12.6. The van der Waals surface area contributed by atoms with Crippen molar-refractivity contribution in [3.8, 4) is 11.5 Å². The van der Waals surface area contributed by atoms with Crippen LogP contribution < -0.4 is 20.1 Å². The van der Waals surface area contributed by atoms with Crippen molar-refractivity contribution in [3.63, 3.8) is 0 Å². The lowest BCUT2D eigenvalue weighted by Gasteiger charge is -2.31. The van der Waals surface area contributed by atoms with Crippen LogP contribution in [0.4, 0.5) is 5.69 Å². The maximum atomic E-state index is 12.6. The van der Waals surface area contributed by atoms with Crippen LogP contribution in [0.3, 0.4) is 0 Å². The zero-order valence-electron chi connectivity index (χ0n) is 16.3. The highest BCUT2D eigenvalue weighted by molar-refractivity contribution is 5.93. The van der Waals surface area contributed by atoms with Crippen LogP contribution in [-0.4, -0.2) is 43.1 Å². The van der Waals surface area contributed by atoms with Gasteiger partial charge in [0.2, 0.25) is 18.6 Å². The molecule has 2 N–H and O–H groups in total. The molecule has 29 heavy (non-hydrogen) atoms. The average Bonchev–Trinajstić information content (AvgIpc) is 3.40. The number of anilines is 1. The number of ether oxygens (including phenoxy) is 2. The molecule has 2 aliphatic heterocycles. The minimum Gasteiger partial charge on any atom is -0.467 e. The molecule has 8 heteroatoms. The number of benzene rings is 1. The molecule has 2 amide bonds. The summed E-state index contributed by atoms with van der Waals surface area (Å²) in [5.74, 6) is 1.96. The van der Waals surface area contributed by atoms with E-state index in [1.54, 1.807) is 24.5 Å². The van der Waals surface area contributed by atoms with Gasteiger partial charge in [-0.1, -0.05) is 0 Å². The van der Waals surface area contributed by atoms with E-state index in [-0.39, 0.29) is 30.6 Å². The van der Waals surface area contributed by atoms with Gasteiger partial charge in [-0.05, 0) is 57.1 Å². The topological polar surface area (TPSA) is 93.0 Å². The van der Waals surface area contributed by atoms with Gasteiger partial charge in [0.25, 0.3) is 0 Å². The second-order valence-electron chi connectivity index (χ2n) is 7.41. The maximum Gasteiger partial charge on any atom is 0.234 e. The smallest absolute Gasteiger partial charge is 0.234 e. The molecule has 8 nitrogen and oxygen atoms in total.